The summed E-state index contributed by atoms with van der Waals surface area (Å²) in [5, 5.41) is 0. The van der Waals surface area contributed by atoms with Crippen LogP contribution in [0.5, 0.6) is 0 Å². The number of hydrogen-bond donors (Lipinski definition) is 0. The third kappa shape index (κ3) is 3.58. The van der Waals surface area contributed by atoms with E-state index < -0.39 is 0 Å². The van der Waals surface area contributed by atoms with E-state index in [1.165, 1.54) is 19.3 Å². The zero-order valence-corrected chi connectivity index (χ0v) is 11.9. The smallest absolute Gasteiger partial charge is 0.330 e. The molecule has 17 heavy (non-hydrogen) atoms. The zero-order chi connectivity index (χ0) is 13.1. The summed E-state index contributed by atoms with van der Waals surface area (Å²) in [5.41, 5.74) is 0.537. The Morgan fingerprint density at radius 1 is 1.24 bits per heavy atom. The van der Waals surface area contributed by atoms with Crippen LogP contribution in [0, 0.1) is 16.7 Å². The van der Waals surface area contributed by atoms with Crippen molar-refractivity contribution in [3.8, 4) is 0 Å². The molecule has 0 saturated heterocycles. The molecule has 0 N–H and O–H groups in total. The summed E-state index contributed by atoms with van der Waals surface area (Å²) >= 11 is 0. The average molecular weight is 238 g/mol. The summed E-state index contributed by atoms with van der Waals surface area (Å²) < 4.78 is 4.94. The highest BCUT2D eigenvalue weighted by Crippen LogP contribution is 2.51. The SMILES string of the molecule is CCOC(=O)C=CC1C(C)(C)CCCC1(C)C. The third-order valence-electron chi connectivity index (χ3n) is 4.04. The maximum Gasteiger partial charge on any atom is 0.330 e. The molecule has 0 radical (unpaired) electrons. The highest BCUT2D eigenvalue weighted by Gasteiger charge is 2.42. The Morgan fingerprint density at radius 3 is 2.24 bits per heavy atom. The van der Waals surface area contributed by atoms with Crippen LogP contribution in [0.25, 0.3) is 0 Å². The van der Waals surface area contributed by atoms with Crippen molar-refractivity contribution < 1.29 is 9.53 Å². The van der Waals surface area contributed by atoms with Crippen molar-refractivity contribution in [2.75, 3.05) is 6.61 Å². The Labute approximate surface area is 105 Å². The number of carbonyl (C=O) groups excluding carboxylic acids is 1. The summed E-state index contributed by atoms with van der Waals surface area (Å²) in [7, 11) is 0. The van der Waals surface area contributed by atoms with Crippen molar-refractivity contribution >= 4 is 5.97 Å². The molecule has 0 spiro atoms. The molecule has 1 fully saturated rings. The van der Waals surface area contributed by atoms with Gasteiger partial charge in [0.2, 0.25) is 0 Å². The Morgan fingerprint density at radius 2 is 1.76 bits per heavy atom. The number of rotatable bonds is 3. The lowest BCUT2D eigenvalue weighted by molar-refractivity contribution is -0.137. The van der Waals surface area contributed by atoms with Gasteiger partial charge in [-0.25, -0.2) is 4.79 Å². The van der Waals surface area contributed by atoms with Gasteiger partial charge in [0.1, 0.15) is 0 Å². The molecule has 0 heterocycles. The van der Waals surface area contributed by atoms with Crippen LogP contribution in [0.15, 0.2) is 12.2 Å². The van der Waals surface area contributed by atoms with Gasteiger partial charge in [-0.2, -0.15) is 0 Å². The van der Waals surface area contributed by atoms with Crippen LogP contribution in [0.1, 0.15) is 53.9 Å². The molecule has 2 nitrogen and oxygen atoms in total. The van der Waals surface area contributed by atoms with E-state index in [0.717, 1.165) is 0 Å². The molecular weight excluding hydrogens is 212 g/mol. The van der Waals surface area contributed by atoms with Gasteiger partial charge in [-0.3, -0.25) is 0 Å². The van der Waals surface area contributed by atoms with Crippen LogP contribution in [0.3, 0.4) is 0 Å². The Kier molecular flexibility index (Phi) is 4.40. The normalized spacial score (nSPS) is 23.8. The van der Waals surface area contributed by atoms with Crippen molar-refractivity contribution in [3.05, 3.63) is 12.2 Å². The first-order valence-electron chi connectivity index (χ1n) is 6.64. The van der Waals surface area contributed by atoms with Gasteiger partial charge in [0.25, 0.3) is 0 Å². The van der Waals surface area contributed by atoms with Gasteiger partial charge >= 0.3 is 5.97 Å². The minimum Gasteiger partial charge on any atom is -0.463 e. The minimum atomic E-state index is -0.218. The molecule has 0 bridgehead atoms. The predicted molar refractivity (Wildman–Crippen MR) is 70.7 cm³/mol. The molecule has 98 valence electrons. The molecule has 1 saturated carbocycles. The average Bonchev–Trinajstić information content (AvgIpc) is 2.15. The first-order chi connectivity index (χ1) is 7.79. The summed E-state index contributed by atoms with van der Waals surface area (Å²) in [6.07, 6.45) is 7.42. The van der Waals surface area contributed by atoms with E-state index in [4.69, 9.17) is 4.74 Å². The van der Waals surface area contributed by atoms with Gasteiger partial charge < -0.3 is 4.74 Å². The number of carbonyl (C=O) groups is 1. The maximum absolute atomic E-state index is 11.4. The highest BCUT2D eigenvalue weighted by atomic mass is 16.5. The lowest BCUT2D eigenvalue weighted by atomic mass is 9.57. The van der Waals surface area contributed by atoms with Crippen LogP contribution >= 0.6 is 0 Å². The molecule has 2 heteroatoms. The molecule has 0 aromatic rings. The maximum atomic E-state index is 11.4. The molecule has 1 aliphatic rings. The molecular formula is C15H26O2. The summed E-state index contributed by atoms with van der Waals surface area (Å²) in [4.78, 5) is 11.4. The van der Waals surface area contributed by atoms with E-state index >= 15 is 0 Å². The second kappa shape index (κ2) is 5.24. The fraction of sp³-hybridized carbons (Fsp3) is 0.800. The second-order valence-corrected chi connectivity index (χ2v) is 6.42. The van der Waals surface area contributed by atoms with E-state index in [1.807, 2.05) is 6.92 Å². The van der Waals surface area contributed by atoms with Crippen LogP contribution < -0.4 is 0 Å². The number of esters is 1. The van der Waals surface area contributed by atoms with E-state index in [0.29, 0.717) is 12.5 Å². The lowest BCUT2D eigenvalue weighted by Crippen LogP contribution is -2.39. The summed E-state index contributed by atoms with van der Waals surface area (Å²) in [6, 6.07) is 0. The summed E-state index contributed by atoms with van der Waals surface area (Å²) in [5.74, 6) is 0.220. The highest BCUT2D eigenvalue weighted by molar-refractivity contribution is 5.81. The topological polar surface area (TPSA) is 26.3 Å². The monoisotopic (exact) mass is 238 g/mol. The van der Waals surface area contributed by atoms with Crippen LogP contribution in [0.2, 0.25) is 0 Å². The van der Waals surface area contributed by atoms with Crippen molar-refractivity contribution in [2.24, 2.45) is 16.7 Å². The molecule has 0 atom stereocenters. The van der Waals surface area contributed by atoms with Crippen molar-refractivity contribution in [1.82, 2.24) is 0 Å². The lowest BCUT2D eigenvalue weighted by Gasteiger charge is -2.48. The molecule has 1 rings (SSSR count). The molecule has 1 aliphatic carbocycles. The van der Waals surface area contributed by atoms with Gasteiger partial charge in [-0.05, 0) is 36.5 Å². The Bertz CT molecular complexity index is 284. The second-order valence-electron chi connectivity index (χ2n) is 6.42. The van der Waals surface area contributed by atoms with E-state index in [9.17, 15) is 4.79 Å². The molecule has 0 aromatic heterocycles. The van der Waals surface area contributed by atoms with Crippen molar-refractivity contribution in [2.45, 2.75) is 53.9 Å². The number of ether oxygens (including phenoxy) is 1. The van der Waals surface area contributed by atoms with Gasteiger partial charge in [0, 0.05) is 6.08 Å². The van der Waals surface area contributed by atoms with Gasteiger partial charge in [-0.1, -0.05) is 40.2 Å². The quantitative estimate of drug-likeness (QED) is 0.549. The Balaban J connectivity index is 2.80. The first kappa shape index (κ1) is 14.3. The van der Waals surface area contributed by atoms with Gasteiger partial charge in [0.05, 0.1) is 6.61 Å². The minimum absolute atomic E-state index is 0.218. The standard InChI is InChI=1S/C15H26O2/c1-6-17-13(16)9-8-12-14(2,3)10-7-11-15(12,4)5/h8-9,12H,6-7,10-11H2,1-5H3. The molecule has 0 amide bonds. The van der Waals surface area contributed by atoms with Gasteiger partial charge in [0.15, 0.2) is 0 Å². The molecule has 0 unspecified atom stereocenters. The zero-order valence-electron chi connectivity index (χ0n) is 11.9. The van der Waals surface area contributed by atoms with E-state index in [2.05, 4.69) is 33.8 Å². The van der Waals surface area contributed by atoms with Gasteiger partial charge in [-0.15, -0.1) is 0 Å². The molecule has 0 aromatic carbocycles. The third-order valence-corrected chi connectivity index (χ3v) is 4.04. The van der Waals surface area contributed by atoms with Crippen LogP contribution in [-0.2, 0) is 9.53 Å². The summed E-state index contributed by atoms with van der Waals surface area (Å²) in [6.45, 7) is 11.5. The fourth-order valence-corrected chi connectivity index (χ4v) is 3.25. The number of allylic oxidation sites excluding steroid dienone is 1. The van der Waals surface area contributed by atoms with E-state index in [-0.39, 0.29) is 16.8 Å². The van der Waals surface area contributed by atoms with Crippen LogP contribution in [0.4, 0.5) is 0 Å². The Hall–Kier alpha value is -0.790. The molecule has 0 aliphatic heterocycles. The van der Waals surface area contributed by atoms with E-state index in [1.54, 1.807) is 6.08 Å². The predicted octanol–water partition coefficient (Wildman–Crippen LogP) is 3.96. The largest absolute Gasteiger partial charge is 0.463 e. The first-order valence-corrected chi connectivity index (χ1v) is 6.64. The fourth-order valence-electron chi connectivity index (χ4n) is 3.25. The van der Waals surface area contributed by atoms with Crippen LogP contribution in [-0.4, -0.2) is 12.6 Å². The van der Waals surface area contributed by atoms with Crippen molar-refractivity contribution in [3.63, 3.8) is 0 Å². The number of hydrogen-bond acceptors (Lipinski definition) is 2. The van der Waals surface area contributed by atoms with Crippen molar-refractivity contribution in [1.29, 1.82) is 0 Å².